The van der Waals surface area contributed by atoms with Crippen LogP contribution in [0, 0.1) is 27.7 Å². The van der Waals surface area contributed by atoms with Crippen molar-refractivity contribution in [3.8, 4) is 39.8 Å². The highest BCUT2D eigenvalue weighted by Crippen LogP contribution is 2.37. The van der Waals surface area contributed by atoms with Gasteiger partial charge in [-0.3, -0.25) is 48.2 Å². The highest BCUT2D eigenvalue weighted by atomic mass is 16.5. The monoisotopic (exact) mass is 1570 g/mol. The SMILES string of the molecule is CCC(C(=O)Nc1nccc2c(-c3nc(Nc4cn(CC)nc4C)ncc3C)c[nH]c12)N1CCN(C)CC1.CCC(C(=O)Nc1ncnc2c(-c3nc(Nc4cn(C)nc4OC)ncc3C)n[nH]c12)N1CCN(C)CC1.CCc1nn(CC)cc1Nc1ncc(C)c(-c2c[nH]c3c(NC(=O)C(CC)N4CCN(C)CC4)nccc23)n1. The van der Waals surface area contributed by atoms with E-state index in [-0.39, 0.29) is 35.8 Å². The number of hydrogen-bond donors (Lipinski definition) is 9. The summed E-state index contributed by atoms with van der Waals surface area (Å²) in [4.78, 5) is 106. The molecule has 15 heterocycles. The molecule has 36 heteroatoms. The number of H-pyrrole nitrogens is 3. The lowest BCUT2D eigenvalue weighted by Crippen LogP contribution is -2.52. The maximum atomic E-state index is 13.3. The van der Waals surface area contributed by atoms with Gasteiger partial charge in [-0.15, -0.1) is 5.10 Å². The van der Waals surface area contributed by atoms with Crippen molar-refractivity contribution in [3.05, 3.63) is 109 Å². The highest BCUT2D eigenvalue weighted by molar-refractivity contribution is 6.07. The fraction of sp³-hybridized carbons (Fsp3) is 0.456. The van der Waals surface area contributed by atoms with Crippen LogP contribution in [-0.2, 0) is 40.9 Å². The van der Waals surface area contributed by atoms with Crippen molar-refractivity contribution < 1.29 is 19.1 Å². The molecule has 12 aromatic rings. The first-order valence-corrected chi connectivity index (χ1v) is 39.5. The number of aryl methyl sites for hydroxylation is 8. The average Bonchev–Trinajstić information content (AvgIpc) is 1.65. The number of nitrogens with zero attached hydrogens (tertiary/aromatic N) is 23. The Morgan fingerprint density at radius 2 is 0.904 bits per heavy atom. The lowest BCUT2D eigenvalue weighted by molar-refractivity contribution is -0.122. The van der Waals surface area contributed by atoms with E-state index < -0.39 is 0 Å². The minimum absolute atomic E-state index is 0.0257. The number of hydrogen-bond acceptors (Lipinski definition) is 27. The number of likely N-dealkylation sites (N-methyl/N-ethyl adjacent to an activating group) is 3. The zero-order chi connectivity index (χ0) is 81.1. The fourth-order valence-corrected chi connectivity index (χ4v) is 14.8. The van der Waals surface area contributed by atoms with Crippen molar-refractivity contribution in [2.45, 2.75) is 126 Å². The van der Waals surface area contributed by atoms with Gasteiger partial charge in [0.05, 0.1) is 76.6 Å². The molecule has 0 spiro atoms. The third-order valence-corrected chi connectivity index (χ3v) is 21.4. The molecule has 3 amide bonds. The molecule has 0 aromatic carbocycles. The molecule has 9 N–H and O–H groups in total. The zero-order valence-electron chi connectivity index (χ0n) is 68.4. The van der Waals surface area contributed by atoms with Crippen LogP contribution in [0.4, 0.5) is 52.4 Å². The number of amides is 3. The summed E-state index contributed by atoms with van der Waals surface area (Å²) < 4.78 is 10.7. The van der Waals surface area contributed by atoms with Gasteiger partial charge in [0.1, 0.15) is 34.4 Å². The van der Waals surface area contributed by atoms with Gasteiger partial charge < -0.3 is 61.3 Å². The van der Waals surface area contributed by atoms with E-state index in [1.165, 1.54) is 6.33 Å². The van der Waals surface area contributed by atoms with Gasteiger partial charge in [0, 0.05) is 176 Å². The maximum Gasteiger partial charge on any atom is 0.256 e. The van der Waals surface area contributed by atoms with Crippen LogP contribution in [0.25, 0.3) is 66.7 Å². The van der Waals surface area contributed by atoms with Crippen molar-refractivity contribution in [2.75, 3.05) is 139 Å². The normalized spacial score (nSPS) is 15.5. The third kappa shape index (κ3) is 18.4. The Balaban J connectivity index is 0.000000150. The first kappa shape index (κ1) is 81.2. The zero-order valence-corrected chi connectivity index (χ0v) is 68.4. The summed E-state index contributed by atoms with van der Waals surface area (Å²) in [5.41, 5.74) is 14.2. The van der Waals surface area contributed by atoms with Crippen molar-refractivity contribution in [1.29, 1.82) is 0 Å². The van der Waals surface area contributed by atoms with Gasteiger partial charge in [0.25, 0.3) is 5.88 Å². The van der Waals surface area contributed by atoms with E-state index >= 15 is 0 Å². The van der Waals surface area contributed by atoms with E-state index in [2.05, 4.69) is 185 Å². The van der Waals surface area contributed by atoms with Gasteiger partial charge in [0.2, 0.25) is 35.6 Å². The molecule has 3 aliphatic heterocycles. The molecule has 15 rings (SSSR count). The van der Waals surface area contributed by atoms with Gasteiger partial charge in [-0.1, -0.05) is 27.7 Å². The molecule has 3 atom stereocenters. The lowest BCUT2D eigenvalue weighted by atomic mass is 10.1. The fourth-order valence-electron chi connectivity index (χ4n) is 14.8. The van der Waals surface area contributed by atoms with Crippen LogP contribution in [0.1, 0.15) is 88.9 Å². The molecule has 3 unspecified atom stereocenters. The maximum absolute atomic E-state index is 13.3. The van der Waals surface area contributed by atoms with Crippen LogP contribution in [0.3, 0.4) is 0 Å². The number of aromatic nitrogens is 20. The molecule has 3 saturated heterocycles. The van der Waals surface area contributed by atoms with E-state index in [1.54, 1.807) is 43.6 Å². The Hall–Kier alpha value is -11.8. The minimum atomic E-state index is -0.238. The van der Waals surface area contributed by atoms with Crippen molar-refractivity contribution >= 4 is 103 Å². The number of ether oxygens (including phenoxy) is 1. The number of rotatable bonds is 25. The smallest absolute Gasteiger partial charge is 0.256 e. The first-order chi connectivity index (χ1) is 55.7. The Bertz CT molecular complexity index is 5360. The summed E-state index contributed by atoms with van der Waals surface area (Å²) in [6.45, 7) is 32.7. The minimum Gasteiger partial charge on any atom is -0.478 e. The number of piperazine rings is 3. The first-order valence-electron chi connectivity index (χ1n) is 39.5. The van der Waals surface area contributed by atoms with Gasteiger partial charge in [-0.2, -0.15) is 15.3 Å². The Labute approximate surface area is 667 Å². The predicted molar refractivity (Wildman–Crippen MR) is 446 cm³/mol. The second-order valence-electron chi connectivity index (χ2n) is 29.3. The molecule has 3 aliphatic rings. The molecular weight excluding hydrogens is 1460 g/mol. The molecular formula is C79H106N32O4. The van der Waals surface area contributed by atoms with Crippen LogP contribution in [0.5, 0.6) is 5.88 Å². The van der Waals surface area contributed by atoms with Gasteiger partial charge in [-0.05, 0) is 117 Å². The summed E-state index contributed by atoms with van der Waals surface area (Å²) in [6, 6.07) is 3.28. The summed E-state index contributed by atoms with van der Waals surface area (Å²) >= 11 is 0. The van der Waals surface area contributed by atoms with E-state index in [4.69, 9.17) is 14.7 Å². The Morgan fingerprint density at radius 3 is 1.35 bits per heavy atom. The second kappa shape index (κ2) is 36.5. The number of anilines is 9. The van der Waals surface area contributed by atoms with Crippen LogP contribution >= 0.6 is 0 Å². The summed E-state index contributed by atoms with van der Waals surface area (Å²) in [6.07, 6.45) is 22.8. The van der Waals surface area contributed by atoms with E-state index in [1.807, 2.05) is 100 Å². The molecule has 0 bridgehead atoms. The molecule has 3 fully saturated rings. The van der Waals surface area contributed by atoms with Gasteiger partial charge >= 0.3 is 0 Å². The standard InChI is InChI=1S/C28H38N10O.C27H36N10O.C24H32N12O2/c1-6-21-22(17-38(8-3)35-21)32-28-31-15-18(4)24(33-28)20-16-30-25-19(20)9-10-29-26(25)34-27(39)23(7-2)37-13-11-36(5)12-14-37;1-6-22(36-12-10-35(5)11-13-36)26(38)33-25-24-19(8-9-28-25)20(15-29-24)23-17(3)14-30-27(32-23)31-21-16-37(7-2)34-18(21)4;1-6-16(36-9-7-34(3)8-10-36)22(37)30-21-20-18(26-13-27-21)19(31-32-20)17-14(2)11-25-24(29-17)28-15-12-35(4)33-23(15)38-5/h9-10,15-17,23,30H,6-8,11-14H2,1-5H3,(H,29,34,39)(H,31,32,33);8-9,14-16,22,29H,6-7,10-13H2,1-5H3,(H,28,33,38)(H,30,31,32);11-13,16H,6-10H2,1-5H3,(H,31,32)(H,25,28,29)(H,26,27,30,37). The molecule has 115 heavy (non-hydrogen) atoms. The van der Waals surface area contributed by atoms with Gasteiger partial charge in [-0.25, -0.2) is 49.8 Å². The topological polar surface area (TPSA) is 395 Å². The number of methoxy groups -OCH3 is 1. The summed E-state index contributed by atoms with van der Waals surface area (Å²) in [7, 11) is 9.68. The number of fused-ring (bicyclic) bond motifs is 3. The van der Waals surface area contributed by atoms with Crippen molar-refractivity contribution in [1.82, 2.24) is 129 Å². The largest absolute Gasteiger partial charge is 0.478 e. The van der Waals surface area contributed by atoms with Crippen LogP contribution in [0.2, 0.25) is 0 Å². The molecule has 0 radical (unpaired) electrons. The second-order valence-corrected chi connectivity index (χ2v) is 29.3. The van der Waals surface area contributed by atoms with Gasteiger partial charge in [0.15, 0.2) is 17.5 Å². The Kier molecular flexibility index (Phi) is 25.8. The predicted octanol–water partition coefficient (Wildman–Crippen LogP) is 8.94. The molecule has 606 valence electrons. The number of aromatic amines is 3. The van der Waals surface area contributed by atoms with E-state index in [9.17, 15) is 14.4 Å². The molecule has 12 aromatic heterocycles. The quantitative estimate of drug-likeness (QED) is 0.0258. The number of nitrogens with one attached hydrogen (secondary N) is 9. The van der Waals surface area contributed by atoms with E-state index in [0.717, 1.165) is 195 Å². The van der Waals surface area contributed by atoms with Crippen molar-refractivity contribution in [3.63, 3.8) is 0 Å². The number of pyridine rings is 2. The number of carbonyl (C=O) groups is 3. The van der Waals surface area contributed by atoms with E-state index in [0.29, 0.717) is 75.7 Å². The number of carbonyl (C=O) groups excluding carboxylic acids is 3. The highest BCUT2D eigenvalue weighted by Gasteiger charge is 2.32. The lowest BCUT2D eigenvalue weighted by Gasteiger charge is -2.36. The summed E-state index contributed by atoms with van der Waals surface area (Å²) in [5.74, 6) is 3.09. The molecule has 0 saturated carbocycles. The van der Waals surface area contributed by atoms with Crippen LogP contribution < -0.4 is 36.6 Å². The van der Waals surface area contributed by atoms with Crippen LogP contribution in [-0.4, -0.2) is 271 Å². The average molecular weight is 1570 g/mol. The van der Waals surface area contributed by atoms with Crippen molar-refractivity contribution in [2.24, 2.45) is 7.05 Å². The molecule has 0 aliphatic carbocycles. The Morgan fingerprint density at radius 1 is 0.478 bits per heavy atom. The molecule has 36 nitrogen and oxygen atoms in total. The summed E-state index contributed by atoms with van der Waals surface area (Å²) in [5, 5.41) is 41.7. The third-order valence-electron chi connectivity index (χ3n) is 21.4. The van der Waals surface area contributed by atoms with Crippen LogP contribution in [0.15, 0.2) is 80.4 Å².